The lowest BCUT2D eigenvalue weighted by atomic mass is 10.0. The maximum Gasteiger partial charge on any atom is 0.338 e. The summed E-state index contributed by atoms with van der Waals surface area (Å²) in [6, 6.07) is 5.38. The van der Waals surface area contributed by atoms with Gasteiger partial charge in [0.25, 0.3) is 5.62 Å². The highest BCUT2D eigenvalue weighted by Crippen LogP contribution is 2.26. The second-order valence-corrected chi connectivity index (χ2v) is 6.45. The average Bonchev–Trinajstić information content (AvgIpc) is 2.85. The lowest BCUT2D eigenvalue weighted by Crippen LogP contribution is -2.24. The van der Waals surface area contributed by atoms with Gasteiger partial charge in [-0.15, -0.1) is 0 Å². The summed E-state index contributed by atoms with van der Waals surface area (Å²) in [4.78, 5) is 12.1. The van der Waals surface area contributed by atoms with Gasteiger partial charge in [-0.05, 0) is 51.5 Å². The van der Waals surface area contributed by atoms with Crippen LogP contribution in [0.25, 0.3) is 0 Å². The zero-order valence-electron chi connectivity index (χ0n) is 12.8. The Labute approximate surface area is 128 Å². The molecular formula is C15H19NO4S. The number of nitrogens with zero attached hydrogens (tertiary/aromatic N) is 1. The summed E-state index contributed by atoms with van der Waals surface area (Å²) in [6.45, 7) is 7.40. The van der Waals surface area contributed by atoms with E-state index in [0.29, 0.717) is 11.5 Å². The Kier molecular flexibility index (Phi) is 4.58. The molecule has 1 atom stereocenters. The number of carbonyl (C=O) groups excluding carboxylic acids is 1. The van der Waals surface area contributed by atoms with Gasteiger partial charge < -0.3 is 14.2 Å². The third-order valence-electron chi connectivity index (χ3n) is 2.71. The zero-order chi connectivity index (χ0) is 15.6. The summed E-state index contributed by atoms with van der Waals surface area (Å²) in [7, 11) is 1.56. The average molecular weight is 309 g/mol. The van der Waals surface area contributed by atoms with E-state index in [-0.39, 0.29) is 5.97 Å². The molecule has 0 spiro atoms. The van der Waals surface area contributed by atoms with Gasteiger partial charge >= 0.3 is 5.97 Å². The molecule has 0 aliphatic carbocycles. The first kappa shape index (κ1) is 15.9. The quantitative estimate of drug-likeness (QED) is 0.633. The van der Waals surface area contributed by atoms with Crippen molar-refractivity contribution in [2.45, 2.75) is 38.9 Å². The monoisotopic (exact) mass is 309 g/mol. The van der Waals surface area contributed by atoms with Gasteiger partial charge in [0.1, 0.15) is 5.60 Å². The molecule has 1 heterocycles. The van der Waals surface area contributed by atoms with Crippen molar-refractivity contribution in [3.8, 4) is 0 Å². The number of carbonyl (C=O) groups is 1. The van der Waals surface area contributed by atoms with Crippen molar-refractivity contribution in [2.24, 2.45) is 4.40 Å². The molecule has 1 aliphatic rings. The minimum atomic E-state index is -0.511. The van der Waals surface area contributed by atoms with Crippen LogP contribution in [0.3, 0.4) is 0 Å². The molecule has 0 saturated heterocycles. The first-order valence-electron chi connectivity index (χ1n) is 6.58. The maximum absolute atomic E-state index is 12.1. The highest BCUT2D eigenvalue weighted by molar-refractivity contribution is 7.98. The molecule has 2 rings (SSSR count). The van der Waals surface area contributed by atoms with E-state index in [1.165, 1.54) is 11.9 Å². The van der Waals surface area contributed by atoms with Gasteiger partial charge in [-0.2, -0.15) is 4.40 Å². The highest BCUT2D eigenvalue weighted by Gasteiger charge is 2.24. The predicted octanol–water partition coefficient (Wildman–Crippen LogP) is 3.31. The van der Waals surface area contributed by atoms with Crippen LogP contribution < -0.4 is 0 Å². The molecule has 21 heavy (non-hydrogen) atoms. The summed E-state index contributed by atoms with van der Waals surface area (Å²) >= 11 is 1.22. The predicted molar refractivity (Wildman–Crippen MR) is 82.4 cm³/mol. The van der Waals surface area contributed by atoms with Crippen LogP contribution in [0.4, 0.5) is 0 Å². The van der Waals surface area contributed by atoms with Crippen LogP contribution in [0.15, 0.2) is 22.6 Å². The van der Waals surface area contributed by atoms with Crippen LogP contribution in [0.5, 0.6) is 0 Å². The van der Waals surface area contributed by atoms with Crippen molar-refractivity contribution < 1.29 is 19.0 Å². The minimum Gasteiger partial charge on any atom is -0.456 e. The van der Waals surface area contributed by atoms with E-state index in [9.17, 15) is 4.79 Å². The second-order valence-electron chi connectivity index (χ2n) is 5.68. The Hall–Kier alpha value is -1.53. The van der Waals surface area contributed by atoms with Crippen molar-refractivity contribution in [2.75, 3.05) is 7.11 Å². The number of hydrogen-bond donors (Lipinski definition) is 0. The zero-order valence-corrected chi connectivity index (χ0v) is 13.6. The number of rotatable bonds is 3. The van der Waals surface area contributed by atoms with E-state index in [1.807, 2.05) is 33.8 Å². The maximum atomic E-state index is 12.1. The number of benzene rings is 1. The Morgan fingerprint density at radius 2 is 2.10 bits per heavy atom. The second kappa shape index (κ2) is 6.07. The van der Waals surface area contributed by atoms with Gasteiger partial charge in [-0.1, -0.05) is 0 Å². The molecule has 6 heteroatoms. The van der Waals surface area contributed by atoms with Gasteiger partial charge in [0.15, 0.2) is 0 Å². The molecule has 114 valence electrons. The Morgan fingerprint density at radius 3 is 2.62 bits per heavy atom. The minimum absolute atomic E-state index is 0.329. The summed E-state index contributed by atoms with van der Waals surface area (Å²) in [5.74, 6) is 0.177. The first-order valence-corrected chi connectivity index (χ1v) is 7.41. The fourth-order valence-electron chi connectivity index (χ4n) is 1.80. The molecular weight excluding hydrogens is 290 g/mol. The molecule has 1 aliphatic heterocycles. The van der Waals surface area contributed by atoms with Gasteiger partial charge in [0.05, 0.1) is 17.5 Å². The van der Waals surface area contributed by atoms with Crippen LogP contribution in [0, 0.1) is 6.92 Å². The molecule has 5 nitrogen and oxygen atoms in total. The Balaban J connectivity index is 2.17. The van der Waals surface area contributed by atoms with E-state index in [1.54, 1.807) is 19.2 Å². The van der Waals surface area contributed by atoms with Gasteiger partial charge in [-0.3, -0.25) is 0 Å². The van der Waals surface area contributed by atoms with Gasteiger partial charge in [-0.25, -0.2) is 4.79 Å². The molecule has 1 unspecified atom stereocenters. The Bertz CT molecular complexity index is 578. The van der Waals surface area contributed by atoms with Crippen molar-refractivity contribution in [1.82, 2.24) is 0 Å². The largest absolute Gasteiger partial charge is 0.456 e. The van der Waals surface area contributed by atoms with Crippen LogP contribution in [-0.2, 0) is 14.2 Å². The van der Waals surface area contributed by atoms with Crippen molar-refractivity contribution in [3.63, 3.8) is 0 Å². The van der Waals surface area contributed by atoms with Crippen molar-refractivity contribution >= 4 is 23.8 Å². The molecule has 0 fully saturated rings. The molecule has 0 N–H and O–H groups in total. The molecule has 0 radical (unpaired) electrons. The number of hydrogen-bond acceptors (Lipinski definition) is 6. The van der Waals surface area contributed by atoms with Crippen LogP contribution in [0.1, 0.15) is 42.3 Å². The summed E-state index contributed by atoms with van der Waals surface area (Å²) in [5, 5.41) is 0. The van der Waals surface area contributed by atoms with E-state index in [0.717, 1.165) is 11.1 Å². The third kappa shape index (κ3) is 3.98. The fourth-order valence-corrected chi connectivity index (χ4v) is 2.35. The lowest BCUT2D eigenvalue weighted by molar-refractivity contribution is 0.00679. The number of aryl methyl sites for hydroxylation is 1. The summed E-state index contributed by atoms with van der Waals surface area (Å²) in [5.41, 5.74) is 1.25. The molecule has 1 aromatic rings. The van der Waals surface area contributed by atoms with E-state index in [4.69, 9.17) is 14.2 Å². The lowest BCUT2D eigenvalue weighted by Gasteiger charge is -2.20. The normalized spacial score (nSPS) is 18.1. The number of methoxy groups -OCH3 is 1. The number of ether oxygens (including phenoxy) is 3. The van der Waals surface area contributed by atoms with Crippen LogP contribution >= 0.6 is 11.9 Å². The molecule has 0 bridgehead atoms. The SMILES string of the molecule is COC1OC(c2ccc(C(=O)OC(C)(C)C)c(C)c2)=NS1. The standard InChI is InChI=1S/C15H19NO4S/c1-9-8-10(12-16-21-14(18-5)19-12)6-7-11(9)13(17)20-15(2,3)4/h6-8,14H,1-5H3. The van der Waals surface area contributed by atoms with E-state index >= 15 is 0 Å². The van der Waals surface area contributed by atoms with Gasteiger partial charge in [0.2, 0.25) is 5.90 Å². The van der Waals surface area contributed by atoms with Crippen molar-refractivity contribution in [1.29, 1.82) is 0 Å². The molecule has 1 aromatic carbocycles. The highest BCUT2D eigenvalue weighted by atomic mass is 32.2. The third-order valence-corrected chi connectivity index (χ3v) is 3.45. The Morgan fingerprint density at radius 1 is 1.38 bits per heavy atom. The van der Waals surface area contributed by atoms with Gasteiger partial charge in [0, 0.05) is 12.7 Å². The topological polar surface area (TPSA) is 57.1 Å². The molecule has 0 aromatic heterocycles. The van der Waals surface area contributed by atoms with Crippen molar-refractivity contribution in [3.05, 3.63) is 34.9 Å². The van der Waals surface area contributed by atoms with Crippen LogP contribution in [0.2, 0.25) is 0 Å². The number of esters is 1. The first-order chi connectivity index (χ1) is 9.80. The van der Waals surface area contributed by atoms with E-state index in [2.05, 4.69) is 4.40 Å². The van der Waals surface area contributed by atoms with Crippen LogP contribution in [-0.4, -0.2) is 30.2 Å². The summed E-state index contributed by atoms with van der Waals surface area (Å²) < 4.78 is 20.2. The molecule has 0 saturated carbocycles. The summed E-state index contributed by atoms with van der Waals surface area (Å²) in [6.07, 6.45) is 0. The van der Waals surface area contributed by atoms with E-state index < -0.39 is 11.2 Å². The fraction of sp³-hybridized carbons (Fsp3) is 0.467. The smallest absolute Gasteiger partial charge is 0.338 e. The molecule has 0 amide bonds.